The minimum atomic E-state index is -1.14. The molecule has 306 valence electrons. The Balaban J connectivity index is 1.25. The normalized spacial score (nSPS) is 41.2. The first-order valence-electron chi connectivity index (χ1n) is 20.8. The van der Waals surface area contributed by atoms with Gasteiger partial charge in [-0.05, 0) is 120 Å². The molecular formula is C44H64O11. The van der Waals surface area contributed by atoms with E-state index in [0.717, 1.165) is 6.42 Å². The van der Waals surface area contributed by atoms with Crippen molar-refractivity contribution < 1.29 is 52.5 Å². The van der Waals surface area contributed by atoms with Gasteiger partial charge in [-0.1, -0.05) is 41.5 Å². The number of fused-ring (bicyclic) bond motifs is 5. The van der Waals surface area contributed by atoms with Crippen LogP contribution in [0, 0.1) is 80.8 Å². The summed E-state index contributed by atoms with van der Waals surface area (Å²) in [6.07, 6.45) is 3.63. The summed E-state index contributed by atoms with van der Waals surface area (Å²) in [6, 6.07) is 0. The maximum Gasteiger partial charge on any atom is 0.318 e. The average molecular weight is 769 g/mol. The Labute approximate surface area is 326 Å². The van der Waals surface area contributed by atoms with Crippen molar-refractivity contribution in [2.75, 3.05) is 6.61 Å². The highest BCUT2D eigenvalue weighted by atomic mass is 16.6. The van der Waals surface area contributed by atoms with Gasteiger partial charge in [0, 0.05) is 18.8 Å². The summed E-state index contributed by atoms with van der Waals surface area (Å²) >= 11 is 0. The number of carbonyl (C=O) groups is 6. The predicted octanol–water partition coefficient (Wildman–Crippen LogP) is 7.01. The Morgan fingerprint density at radius 2 is 1.31 bits per heavy atom. The van der Waals surface area contributed by atoms with Crippen molar-refractivity contribution >= 4 is 35.8 Å². The molecule has 6 aliphatic carbocycles. The summed E-state index contributed by atoms with van der Waals surface area (Å²) in [5.41, 5.74) is -6.26. The van der Waals surface area contributed by atoms with E-state index in [-0.39, 0.29) is 78.6 Å². The third kappa shape index (κ3) is 6.53. The van der Waals surface area contributed by atoms with E-state index in [1.165, 1.54) is 0 Å². The molecule has 8 aliphatic rings. The van der Waals surface area contributed by atoms with Crippen molar-refractivity contribution in [3.63, 3.8) is 0 Å². The standard InChI is InChI=1S/C44H64O11/c1-22-25-13-26(27-18-51-34(47)29(25)27)30(22)40(9,10)17-28(41(11,12)31-23(2)32(45)52-35(31)48)33(46)53-44-16-24-14-42(20-44,36(49)54-38(3,4)5)19-43(15-24,21-44)37(50)55-39(6,7)8/h22-31H,13-21H2,1-12H3. The molecule has 2 saturated heterocycles. The molecule has 2 aliphatic heterocycles. The van der Waals surface area contributed by atoms with Crippen LogP contribution in [-0.4, -0.2) is 59.2 Å². The second-order valence-corrected chi connectivity index (χ2v) is 22.5. The lowest BCUT2D eigenvalue weighted by Crippen LogP contribution is -2.66. The van der Waals surface area contributed by atoms with Gasteiger partial charge in [-0.3, -0.25) is 28.8 Å². The van der Waals surface area contributed by atoms with E-state index in [9.17, 15) is 24.0 Å². The zero-order chi connectivity index (χ0) is 40.6. The van der Waals surface area contributed by atoms with Crippen LogP contribution in [0.4, 0.5) is 0 Å². The Morgan fingerprint density at radius 1 is 0.745 bits per heavy atom. The molecule has 55 heavy (non-hydrogen) atoms. The Morgan fingerprint density at radius 3 is 1.82 bits per heavy atom. The summed E-state index contributed by atoms with van der Waals surface area (Å²) in [4.78, 5) is 82.8. The van der Waals surface area contributed by atoms with Crippen molar-refractivity contribution in [1.82, 2.24) is 0 Å². The SMILES string of the molecule is CC1C(=O)OC(=O)C1C(C)(C)C(CC(C)(C)C1C(C)C2CC1C1COC(=O)C21)C(=O)OC12CC3CC(C(=O)OC(C)(C)C)(C1)CC(C(=O)OC(C)(C)C)(C3)C2. The number of hydrogen-bond acceptors (Lipinski definition) is 11. The molecule has 0 aromatic carbocycles. The summed E-state index contributed by atoms with van der Waals surface area (Å²) in [5, 5.41) is 0. The predicted molar refractivity (Wildman–Crippen MR) is 198 cm³/mol. The number of hydrogen-bond donors (Lipinski definition) is 0. The molecule has 11 nitrogen and oxygen atoms in total. The second-order valence-electron chi connectivity index (χ2n) is 22.5. The molecular weight excluding hydrogens is 704 g/mol. The highest BCUT2D eigenvalue weighted by molar-refractivity contribution is 5.97. The maximum atomic E-state index is 15.3. The third-order valence-corrected chi connectivity index (χ3v) is 15.4. The molecule has 0 N–H and O–H groups in total. The van der Waals surface area contributed by atoms with E-state index >= 15 is 4.79 Å². The van der Waals surface area contributed by atoms with Crippen LogP contribution in [0.5, 0.6) is 0 Å². The molecule has 2 heterocycles. The summed E-state index contributed by atoms with van der Waals surface area (Å²) in [5.74, 6) is -4.20. The van der Waals surface area contributed by atoms with Crippen LogP contribution in [0.2, 0.25) is 0 Å². The van der Waals surface area contributed by atoms with Gasteiger partial charge >= 0.3 is 35.8 Å². The lowest BCUT2D eigenvalue weighted by atomic mass is 9.42. The first kappa shape index (κ1) is 40.2. The fourth-order valence-corrected chi connectivity index (χ4v) is 14.0. The molecule has 0 aromatic heterocycles. The van der Waals surface area contributed by atoms with Crippen LogP contribution in [0.25, 0.3) is 0 Å². The van der Waals surface area contributed by atoms with Gasteiger partial charge in [0.2, 0.25) is 0 Å². The van der Waals surface area contributed by atoms with E-state index in [4.69, 9.17) is 23.7 Å². The number of esters is 6. The molecule has 6 bridgehead atoms. The molecule has 11 unspecified atom stereocenters. The summed E-state index contributed by atoms with van der Waals surface area (Å²) in [6.45, 7) is 23.4. The number of cyclic esters (lactones) is 3. The van der Waals surface area contributed by atoms with Gasteiger partial charge < -0.3 is 23.7 Å². The number of carbonyl (C=O) groups excluding carboxylic acids is 6. The van der Waals surface area contributed by atoms with Gasteiger partial charge in [-0.25, -0.2) is 0 Å². The molecule has 6 saturated carbocycles. The van der Waals surface area contributed by atoms with Gasteiger partial charge in [0.25, 0.3) is 0 Å². The molecule has 11 atom stereocenters. The fraction of sp³-hybridized carbons (Fsp3) is 0.864. The quantitative estimate of drug-likeness (QED) is 0.136. The van der Waals surface area contributed by atoms with Gasteiger partial charge in [0.1, 0.15) is 16.8 Å². The topological polar surface area (TPSA) is 149 Å². The first-order valence-corrected chi connectivity index (χ1v) is 20.8. The smallest absolute Gasteiger partial charge is 0.318 e. The Bertz CT molecular complexity index is 1630. The molecule has 0 radical (unpaired) electrons. The molecule has 0 aromatic rings. The van der Waals surface area contributed by atoms with Crippen molar-refractivity contribution in [2.24, 2.45) is 80.8 Å². The maximum absolute atomic E-state index is 15.3. The molecule has 0 amide bonds. The average Bonchev–Trinajstić information content (AvgIpc) is 3.74. The van der Waals surface area contributed by atoms with Gasteiger partial charge in [-0.2, -0.15) is 0 Å². The van der Waals surface area contributed by atoms with Gasteiger partial charge in [-0.15, -0.1) is 0 Å². The van der Waals surface area contributed by atoms with Gasteiger partial charge in [0.05, 0.1) is 41.1 Å². The summed E-state index contributed by atoms with van der Waals surface area (Å²) in [7, 11) is 0. The highest BCUT2D eigenvalue weighted by Gasteiger charge is 2.72. The van der Waals surface area contributed by atoms with Crippen LogP contribution in [0.1, 0.15) is 134 Å². The monoisotopic (exact) mass is 768 g/mol. The third-order valence-electron chi connectivity index (χ3n) is 15.4. The van der Waals surface area contributed by atoms with E-state index in [1.54, 1.807) is 6.92 Å². The zero-order valence-corrected chi connectivity index (χ0v) is 35.1. The largest absolute Gasteiger partial charge is 0.465 e. The lowest BCUT2D eigenvalue weighted by Gasteiger charge is -2.63. The number of ether oxygens (including phenoxy) is 5. The Hall–Kier alpha value is -2.98. The van der Waals surface area contributed by atoms with Gasteiger partial charge in [0.15, 0.2) is 0 Å². The molecule has 8 rings (SSSR count). The highest BCUT2D eigenvalue weighted by Crippen LogP contribution is 2.70. The van der Waals surface area contributed by atoms with Crippen LogP contribution in [0.15, 0.2) is 0 Å². The van der Waals surface area contributed by atoms with Crippen molar-refractivity contribution in [3.05, 3.63) is 0 Å². The Kier molecular flexibility index (Phi) is 9.15. The van der Waals surface area contributed by atoms with Crippen molar-refractivity contribution in [3.8, 4) is 0 Å². The first-order chi connectivity index (χ1) is 25.1. The second kappa shape index (κ2) is 12.5. The van der Waals surface area contributed by atoms with Crippen LogP contribution >= 0.6 is 0 Å². The lowest BCUT2D eigenvalue weighted by molar-refractivity contribution is -0.244. The summed E-state index contributed by atoms with van der Waals surface area (Å²) < 4.78 is 29.7. The molecule has 11 heteroatoms. The van der Waals surface area contributed by atoms with Crippen molar-refractivity contribution in [1.29, 1.82) is 0 Å². The van der Waals surface area contributed by atoms with E-state index in [1.807, 2.05) is 55.4 Å². The van der Waals surface area contributed by atoms with E-state index < -0.39 is 74.1 Å². The number of rotatable bonds is 9. The van der Waals surface area contributed by atoms with E-state index in [2.05, 4.69) is 20.8 Å². The van der Waals surface area contributed by atoms with Crippen LogP contribution < -0.4 is 0 Å². The molecule has 0 spiro atoms. The van der Waals surface area contributed by atoms with E-state index in [0.29, 0.717) is 32.3 Å². The zero-order valence-electron chi connectivity index (χ0n) is 35.1. The van der Waals surface area contributed by atoms with Crippen LogP contribution in [0.3, 0.4) is 0 Å². The van der Waals surface area contributed by atoms with Crippen molar-refractivity contribution in [2.45, 2.75) is 151 Å². The molecule has 8 fully saturated rings. The fourth-order valence-electron chi connectivity index (χ4n) is 14.0. The minimum absolute atomic E-state index is 0.0740. The van der Waals surface area contributed by atoms with Crippen LogP contribution in [-0.2, 0) is 52.5 Å². The minimum Gasteiger partial charge on any atom is -0.465 e.